The molecule has 17 heavy (non-hydrogen) atoms. The molecule has 0 radical (unpaired) electrons. The van der Waals surface area contributed by atoms with Gasteiger partial charge in [0.2, 0.25) is 0 Å². The number of halogens is 1. The Bertz CT molecular complexity index is 543. The monoisotopic (exact) mass is 299 g/mol. The number of oxazole rings is 1. The first-order valence-corrected chi connectivity index (χ1v) is 5.68. The normalized spacial score (nSPS) is 10.5. The molecule has 0 fully saturated rings. The number of ether oxygens (including phenoxy) is 1. The van der Waals surface area contributed by atoms with Crippen LogP contribution in [-0.2, 0) is 16.0 Å². The third kappa shape index (κ3) is 2.58. The SMILES string of the molecule is COC(=O)Cc1nc(-c2ccc(Br)o2)oc1C. The number of rotatable bonds is 3. The van der Waals surface area contributed by atoms with Crippen molar-refractivity contribution in [2.24, 2.45) is 0 Å². The lowest BCUT2D eigenvalue weighted by Crippen LogP contribution is -2.05. The molecule has 0 saturated carbocycles. The molecule has 2 aromatic rings. The molecule has 2 aromatic heterocycles. The Morgan fingerprint density at radius 1 is 1.47 bits per heavy atom. The molecular weight excluding hydrogens is 290 g/mol. The number of methoxy groups -OCH3 is 1. The molecule has 0 amide bonds. The highest BCUT2D eigenvalue weighted by molar-refractivity contribution is 9.10. The van der Waals surface area contributed by atoms with Gasteiger partial charge in [-0.1, -0.05) is 0 Å². The van der Waals surface area contributed by atoms with Gasteiger partial charge in [-0.2, -0.15) is 0 Å². The van der Waals surface area contributed by atoms with Crippen molar-refractivity contribution in [2.45, 2.75) is 13.3 Å². The maximum absolute atomic E-state index is 11.1. The number of aryl methyl sites for hydroxylation is 1. The fraction of sp³-hybridized carbons (Fsp3) is 0.273. The van der Waals surface area contributed by atoms with Gasteiger partial charge in [0, 0.05) is 0 Å². The van der Waals surface area contributed by atoms with E-state index in [4.69, 9.17) is 8.83 Å². The van der Waals surface area contributed by atoms with E-state index in [0.717, 1.165) is 0 Å². The Labute approximate surface area is 106 Å². The highest BCUT2D eigenvalue weighted by Gasteiger charge is 2.16. The van der Waals surface area contributed by atoms with Crippen molar-refractivity contribution >= 4 is 21.9 Å². The van der Waals surface area contributed by atoms with Crippen LogP contribution in [0.2, 0.25) is 0 Å². The van der Waals surface area contributed by atoms with Crippen LogP contribution in [0.4, 0.5) is 0 Å². The molecule has 0 spiro atoms. The molecule has 0 N–H and O–H groups in total. The van der Waals surface area contributed by atoms with Gasteiger partial charge in [0.25, 0.3) is 5.89 Å². The van der Waals surface area contributed by atoms with E-state index in [-0.39, 0.29) is 12.4 Å². The van der Waals surface area contributed by atoms with Crippen LogP contribution >= 0.6 is 15.9 Å². The van der Waals surface area contributed by atoms with E-state index in [0.29, 0.717) is 27.8 Å². The summed E-state index contributed by atoms with van der Waals surface area (Å²) in [6.07, 6.45) is 0.0910. The smallest absolute Gasteiger partial charge is 0.311 e. The first kappa shape index (κ1) is 11.9. The van der Waals surface area contributed by atoms with Gasteiger partial charge < -0.3 is 13.6 Å². The second-order valence-electron chi connectivity index (χ2n) is 3.38. The zero-order valence-corrected chi connectivity index (χ0v) is 10.9. The average Bonchev–Trinajstić information content (AvgIpc) is 2.86. The zero-order chi connectivity index (χ0) is 12.4. The minimum atomic E-state index is -0.353. The molecule has 2 rings (SSSR count). The van der Waals surface area contributed by atoms with Crippen molar-refractivity contribution in [3.8, 4) is 11.7 Å². The zero-order valence-electron chi connectivity index (χ0n) is 9.32. The number of carbonyl (C=O) groups excluding carboxylic acids is 1. The largest absolute Gasteiger partial charge is 0.469 e. The van der Waals surface area contributed by atoms with Crippen LogP contribution in [0, 0.1) is 6.92 Å². The van der Waals surface area contributed by atoms with Gasteiger partial charge in [0.15, 0.2) is 10.4 Å². The van der Waals surface area contributed by atoms with Gasteiger partial charge >= 0.3 is 5.97 Å². The maximum atomic E-state index is 11.1. The first-order chi connectivity index (χ1) is 8.10. The number of hydrogen-bond acceptors (Lipinski definition) is 5. The lowest BCUT2D eigenvalue weighted by atomic mass is 10.3. The predicted molar refractivity (Wildman–Crippen MR) is 62.4 cm³/mol. The second kappa shape index (κ2) is 4.75. The fourth-order valence-corrected chi connectivity index (χ4v) is 1.64. The standard InChI is InChI=1S/C11H10BrNO4/c1-6-7(5-10(14)15-2)13-11(16-6)8-3-4-9(12)17-8/h3-4H,5H2,1-2H3. The quantitative estimate of drug-likeness (QED) is 0.815. The van der Waals surface area contributed by atoms with E-state index in [1.165, 1.54) is 7.11 Å². The van der Waals surface area contributed by atoms with Crippen molar-refractivity contribution in [3.63, 3.8) is 0 Å². The lowest BCUT2D eigenvalue weighted by molar-refractivity contribution is -0.139. The number of nitrogens with zero attached hydrogens (tertiary/aromatic N) is 1. The van der Waals surface area contributed by atoms with Gasteiger partial charge in [0.1, 0.15) is 5.76 Å². The van der Waals surface area contributed by atoms with Gasteiger partial charge in [-0.15, -0.1) is 0 Å². The molecule has 0 saturated heterocycles. The summed E-state index contributed by atoms with van der Waals surface area (Å²) < 4.78 is 15.9. The summed E-state index contributed by atoms with van der Waals surface area (Å²) in [5, 5.41) is 0. The van der Waals surface area contributed by atoms with Gasteiger partial charge in [-0.05, 0) is 35.0 Å². The van der Waals surface area contributed by atoms with E-state index in [1.807, 2.05) is 0 Å². The summed E-state index contributed by atoms with van der Waals surface area (Å²) >= 11 is 3.20. The average molecular weight is 300 g/mol. The lowest BCUT2D eigenvalue weighted by Gasteiger charge is -1.94. The van der Waals surface area contributed by atoms with Crippen molar-refractivity contribution in [1.29, 1.82) is 0 Å². The van der Waals surface area contributed by atoms with Crippen molar-refractivity contribution in [2.75, 3.05) is 7.11 Å². The molecule has 0 aliphatic rings. The van der Waals surface area contributed by atoms with Crippen molar-refractivity contribution in [1.82, 2.24) is 4.98 Å². The minimum Gasteiger partial charge on any atom is -0.469 e. The van der Waals surface area contributed by atoms with E-state index < -0.39 is 0 Å². The van der Waals surface area contributed by atoms with Crippen LogP contribution in [0.3, 0.4) is 0 Å². The Kier molecular flexibility index (Phi) is 3.33. The van der Waals surface area contributed by atoms with E-state index in [2.05, 4.69) is 25.7 Å². The topological polar surface area (TPSA) is 65.5 Å². The van der Waals surface area contributed by atoms with E-state index in [1.54, 1.807) is 19.1 Å². The van der Waals surface area contributed by atoms with Crippen LogP contribution in [0.1, 0.15) is 11.5 Å². The molecule has 0 bridgehead atoms. The summed E-state index contributed by atoms with van der Waals surface area (Å²) in [5.41, 5.74) is 0.555. The number of hydrogen-bond donors (Lipinski definition) is 0. The number of carbonyl (C=O) groups is 1. The molecule has 2 heterocycles. The molecule has 0 aromatic carbocycles. The number of esters is 1. The summed E-state index contributed by atoms with van der Waals surface area (Å²) in [6, 6.07) is 3.48. The minimum absolute atomic E-state index is 0.0910. The van der Waals surface area contributed by atoms with Gasteiger partial charge in [-0.25, -0.2) is 4.98 Å². The third-order valence-electron chi connectivity index (χ3n) is 2.22. The highest BCUT2D eigenvalue weighted by Crippen LogP contribution is 2.26. The molecule has 5 nitrogen and oxygen atoms in total. The molecule has 0 unspecified atom stereocenters. The summed E-state index contributed by atoms with van der Waals surface area (Å²) in [6.45, 7) is 1.74. The predicted octanol–water partition coefficient (Wildman–Crippen LogP) is 2.72. The number of aromatic nitrogens is 1. The Balaban J connectivity index is 2.27. The summed E-state index contributed by atoms with van der Waals surface area (Å²) in [7, 11) is 1.34. The molecule has 0 atom stereocenters. The molecule has 90 valence electrons. The summed E-state index contributed by atoms with van der Waals surface area (Å²) in [4.78, 5) is 15.3. The number of furan rings is 1. The first-order valence-electron chi connectivity index (χ1n) is 4.89. The second-order valence-corrected chi connectivity index (χ2v) is 4.16. The Morgan fingerprint density at radius 3 is 2.82 bits per heavy atom. The molecule has 0 aliphatic carbocycles. The fourth-order valence-electron chi connectivity index (χ4n) is 1.34. The van der Waals surface area contributed by atoms with Crippen molar-refractivity contribution in [3.05, 3.63) is 28.3 Å². The highest BCUT2D eigenvalue weighted by atomic mass is 79.9. The molecule has 0 aliphatic heterocycles. The van der Waals surface area contributed by atoms with Crippen LogP contribution in [0.15, 0.2) is 25.6 Å². The Morgan fingerprint density at radius 2 is 2.24 bits per heavy atom. The van der Waals surface area contributed by atoms with Crippen LogP contribution < -0.4 is 0 Å². The molecular formula is C11H10BrNO4. The Hall–Kier alpha value is -1.56. The van der Waals surface area contributed by atoms with Gasteiger partial charge in [-0.3, -0.25) is 4.79 Å². The van der Waals surface area contributed by atoms with E-state index in [9.17, 15) is 4.79 Å². The van der Waals surface area contributed by atoms with Crippen LogP contribution in [0.5, 0.6) is 0 Å². The van der Waals surface area contributed by atoms with Crippen LogP contribution in [0.25, 0.3) is 11.7 Å². The third-order valence-corrected chi connectivity index (χ3v) is 2.64. The maximum Gasteiger partial charge on any atom is 0.311 e. The summed E-state index contributed by atoms with van der Waals surface area (Å²) in [5.74, 6) is 1.09. The van der Waals surface area contributed by atoms with Crippen molar-refractivity contribution < 1.29 is 18.4 Å². The van der Waals surface area contributed by atoms with Crippen LogP contribution in [-0.4, -0.2) is 18.1 Å². The van der Waals surface area contributed by atoms with E-state index >= 15 is 0 Å². The molecule has 6 heteroatoms. The van der Waals surface area contributed by atoms with Gasteiger partial charge in [0.05, 0.1) is 19.2 Å².